The van der Waals surface area contributed by atoms with E-state index in [2.05, 4.69) is 24.1 Å². The van der Waals surface area contributed by atoms with E-state index in [0.717, 1.165) is 13.1 Å². The molecule has 0 heterocycles. The summed E-state index contributed by atoms with van der Waals surface area (Å²) >= 11 is 0. The van der Waals surface area contributed by atoms with Gasteiger partial charge < -0.3 is 15.3 Å². The minimum absolute atomic E-state index is 0.131. The highest BCUT2D eigenvalue weighted by Gasteiger charge is 2.18. The third-order valence-corrected chi connectivity index (χ3v) is 2.73. The van der Waals surface area contributed by atoms with E-state index < -0.39 is 5.82 Å². The molecule has 2 N–H and O–H groups in total. The number of para-hydroxylation sites is 1. The molecule has 0 aliphatic heterocycles. The van der Waals surface area contributed by atoms with Crippen LogP contribution in [-0.2, 0) is 6.54 Å². The third-order valence-electron chi connectivity index (χ3n) is 2.73. The predicted octanol–water partition coefficient (Wildman–Crippen LogP) is 2.21. The molecule has 0 unspecified atom stereocenters. The molecular formula is C14H23FN2O. The molecule has 0 amide bonds. The highest BCUT2D eigenvalue weighted by atomic mass is 19.1. The Balaban J connectivity index is 2.49. The molecule has 0 spiro atoms. The zero-order chi connectivity index (χ0) is 13.8. The second kappa shape index (κ2) is 6.16. The van der Waals surface area contributed by atoms with E-state index in [4.69, 9.17) is 0 Å². The maximum absolute atomic E-state index is 13.1. The predicted molar refractivity (Wildman–Crippen MR) is 72.1 cm³/mol. The molecule has 1 rings (SSSR count). The second-order valence-corrected chi connectivity index (χ2v) is 5.75. The van der Waals surface area contributed by atoms with Crippen molar-refractivity contribution < 1.29 is 9.50 Å². The third kappa shape index (κ3) is 4.63. The first-order valence-electron chi connectivity index (χ1n) is 6.14. The number of hydrogen-bond acceptors (Lipinski definition) is 3. The molecular weight excluding hydrogens is 231 g/mol. The van der Waals surface area contributed by atoms with Gasteiger partial charge in [-0.1, -0.05) is 26.0 Å². The summed E-state index contributed by atoms with van der Waals surface area (Å²) in [5.74, 6) is -0.822. The average molecular weight is 254 g/mol. The quantitative estimate of drug-likeness (QED) is 0.817. The number of hydrogen-bond donors (Lipinski definition) is 2. The van der Waals surface area contributed by atoms with Gasteiger partial charge in [-0.25, -0.2) is 4.39 Å². The normalized spacial score (nSPS) is 12.1. The van der Waals surface area contributed by atoms with Crippen molar-refractivity contribution in [2.24, 2.45) is 5.41 Å². The maximum Gasteiger partial charge on any atom is 0.165 e. The standard InChI is InChI=1S/C14H23FN2O/c1-14(2,10-17(3)4)9-16-8-11-6-5-7-12(15)13(11)18/h5-7,16,18H,8-10H2,1-4H3. The van der Waals surface area contributed by atoms with Crippen molar-refractivity contribution in [3.63, 3.8) is 0 Å². The van der Waals surface area contributed by atoms with Crippen molar-refractivity contribution in [2.45, 2.75) is 20.4 Å². The van der Waals surface area contributed by atoms with Crippen LogP contribution in [0.25, 0.3) is 0 Å². The van der Waals surface area contributed by atoms with E-state index in [1.807, 2.05) is 14.1 Å². The molecule has 0 aromatic heterocycles. The molecule has 0 radical (unpaired) electrons. The van der Waals surface area contributed by atoms with Gasteiger partial charge in [-0.05, 0) is 25.6 Å². The highest BCUT2D eigenvalue weighted by Crippen LogP contribution is 2.21. The maximum atomic E-state index is 13.1. The topological polar surface area (TPSA) is 35.5 Å². The van der Waals surface area contributed by atoms with Crippen molar-refractivity contribution in [1.82, 2.24) is 10.2 Å². The van der Waals surface area contributed by atoms with Crippen LogP contribution in [0.15, 0.2) is 18.2 Å². The first-order valence-corrected chi connectivity index (χ1v) is 6.14. The molecule has 0 saturated heterocycles. The fraction of sp³-hybridized carbons (Fsp3) is 0.571. The Labute approximate surface area is 109 Å². The fourth-order valence-corrected chi connectivity index (χ4v) is 2.15. The lowest BCUT2D eigenvalue weighted by Crippen LogP contribution is -2.37. The minimum atomic E-state index is -0.568. The lowest BCUT2D eigenvalue weighted by Gasteiger charge is -2.28. The van der Waals surface area contributed by atoms with Gasteiger partial charge in [0.25, 0.3) is 0 Å². The van der Waals surface area contributed by atoms with E-state index in [0.29, 0.717) is 12.1 Å². The number of aromatic hydroxyl groups is 1. The van der Waals surface area contributed by atoms with Crippen molar-refractivity contribution in [2.75, 3.05) is 27.2 Å². The van der Waals surface area contributed by atoms with Gasteiger partial charge in [-0.2, -0.15) is 0 Å². The molecule has 0 saturated carbocycles. The number of nitrogens with one attached hydrogen (secondary N) is 1. The number of halogens is 1. The molecule has 0 aliphatic rings. The van der Waals surface area contributed by atoms with Crippen LogP contribution < -0.4 is 5.32 Å². The lowest BCUT2D eigenvalue weighted by atomic mass is 9.93. The van der Waals surface area contributed by atoms with Crippen molar-refractivity contribution in [1.29, 1.82) is 0 Å². The SMILES string of the molecule is CN(C)CC(C)(C)CNCc1cccc(F)c1O. The molecule has 4 heteroatoms. The Morgan fingerprint density at radius 1 is 1.33 bits per heavy atom. The monoisotopic (exact) mass is 254 g/mol. The lowest BCUT2D eigenvalue weighted by molar-refractivity contribution is 0.232. The smallest absolute Gasteiger partial charge is 0.165 e. The molecule has 1 aromatic rings. The van der Waals surface area contributed by atoms with Crippen LogP contribution in [0.2, 0.25) is 0 Å². The minimum Gasteiger partial charge on any atom is -0.505 e. The first kappa shape index (κ1) is 14.9. The molecule has 3 nitrogen and oxygen atoms in total. The average Bonchev–Trinajstić information content (AvgIpc) is 2.22. The fourth-order valence-electron chi connectivity index (χ4n) is 2.15. The van der Waals surface area contributed by atoms with Crippen LogP contribution in [-0.4, -0.2) is 37.2 Å². The summed E-state index contributed by atoms with van der Waals surface area (Å²) in [7, 11) is 4.08. The van der Waals surface area contributed by atoms with E-state index >= 15 is 0 Å². The summed E-state index contributed by atoms with van der Waals surface area (Å²) in [6, 6.07) is 4.59. The van der Waals surface area contributed by atoms with E-state index in [1.165, 1.54) is 6.07 Å². The summed E-state index contributed by atoms with van der Waals surface area (Å²) in [5.41, 5.74) is 0.725. The first-order chi connectivity index (χ1) is 8.32. The Hall–Kier alpha value is -1.13. The summed E-state index contributed by atoms with van der Waals surface area (Å²) in [5, 5.41) is 12.8. The van der Waals surface area contributed by atoms with Crippen LogP contribution in [0, 0.1) is 11.2 Å². The number of nitrogens with zero attached hydrogens (tertiary/aromatic N) is 1. The van der Waals surface area contributed by atoms with Crippen molar-refractivity contribution in [3.8, 4) is 5.75 Å². The van der Waals surface area contributed by atoms with Crippen LogP contribution in [0.4, 0.5) is 4.39 Å². The molecule has 0 atom stereocenters. The van der Waals surface area contributed by atoms with Crippen LogP contribution >= 0.6 is 0 Å². The Bertz CT molecular complexity index is 391. The summed E-state index contributed by atoms with van der Waals surface area (Å²) in [6.07, 6.45) is 0. The summed E-state index contributed by atoms with van der Waals surface area (Å²) in [4.78, 5) is 2.14. The van der Waals surface area contributed by atoms with E-state index in [9.17, 15) is 9.50 Å². The van der Waals surface area contributed by atoms with Gasteiger partial charge in [-0.3, -0.25) is 0 Å². The molecule has 18 heavy (non-hydrogen) atoms. The molecule has 0 bridgehead atoms. The van der Waals surface area contributed by atoms with Gasteiger partial charge in [-0.15, -0.1) is 0 Å². The van der Waals surface area contributed by atoms with Crippen LogP contribution in [0.1, 0.15) is 19.4 Å². The van der Waals surface area contributed by atoms with Gasteiger partial charge in [0.15, 0.2) is 11.6 Å². The van der Waals surface area contributed by atoms with Gasteiger partial charge >= 0.3 is 0 Å². The van der Waals surface area contributed by atoms with Gasteiger partial charge in [0, 0.05) is 25.2 Å². The Morgan fingerprint density at radius 2 is 2.00 bits per heavy atom. The molecule has 102 valence electrons. The number of benzene rings is 1. The second-order valence-electron chi connectivity index (χ2n) is 5.75. The zero-order valence-corrected chi connectivity index (χ0v) is 11.6. The Kier molecular flexibility index (Phi) is 5.11. The summed E-state index contributed by atoms with van der Waals surface area (Å²) in [6.45, 7) is 6.59. The largest absolute Gasteiger partial charge is 0.505 e. The van der Waals surface area contributed by atoms with Gasteiger partial charge in [0.1, 0.15) is 0 Å². The van der Waals surface area contributed by atoms with Crippen molar-refractivity contribution in [3.05, 3.63) is 29.6 Å². The Morgan fingerprint density at radius 3 is 2.61 bits per heavy atom. The number of rotatable bonds is 6. The van der Waals surface area contributed by atoms with Gasteiger partial charge in [0.05, 0.1) is 0 Å². The number of phenols is 1. The van der Waals surface area contributed by atoms with E-state index in [-0.39, 0.29) is 11.2 Å². The molecule has 0 fully saturated rings. The van der Waals surface area contributed by atoms with Crippen LogP contribution in [0.3, 0.4) is 0 Å². The van der Waals surface area contributed by atoms with Crippen LogP contribution in [0.5, 0.6) is 5.75 Å². The van der Waals surface area contributed by atoms with E-state index in [1.54, 1.807) is 12.1 Å². The number of phenolic OH excluding ortho intramolecular Hbond substituents is 1. The molecule has 1 aromatic carbocycles. The van der Waals surface area contributed by atoms with Gasteiger partial charge in [0.2, 0.25) is 0 Å². The zero-order valence-electron chi connectivity index (χ0n) is 11.6. The van der Waals surface area contributed by atoms with Crippen molar-refractivity contribution >= 4 is 0 Å². The molecule has 0 aliphatic carbocycles. The summed E-state index contributed by atoms with van der Waals surface area (Å²) < 4.78 is 13.1. The highest BCUT2D eigenvalue weighted by molar-refractivity contribution is 5.33.